The molecule has 26 heavy (non-hydrogen) atoms. The van der Waals surface area contributed by atoms with Crippen LogP contribution in [-0.4, -0.2) is 41.1 Å². The molecule has 0 saturated carbocycles. The third kappa shape index (κ3) is 3.22. The molecule has 0 radical (unpaired) electrons. The van der Waals surface area contributed by atoms with E-state index in [1.807, 2.05) is 24.3 Å². The van der Waals surface area contributed by atoms with Crippen LogP contribution in [0.5, 0.6) is 0 Å². The maximum Gasteiger partial charge on any atom is 0.248 e. The molecule has 5 heteroatoms. The van der Waals surface area contributed by atoms with Gasteiger partial charge in [0.1, 0.15) is 4.99 Å². The topological polar surface area (TPSA) is 39.3 Å². The van der Waals surface area contributed by atoms with E-state index >= 15 is 0 Å². The number of hydrogen-bond donors (Lipinski definition) is 1. The van der Waals surface area contributed by atoms with Gasteiger partial charge in [0.05, 0.1) is 0 Å². The van der Waals surface area contributed by atoms with Gasteiger partial charge < -0.3 is 14.8 Å². The SMILES string of the molecule is Cc1ccccc1C(=S)N1CCN(c2ccc3[nH]c(=O)ccc3c2)CC1. The first-order valence-corrected chi connectivity index (χ1v) is 9.25. The molecule has 1 aliphatic rings. The highest BCUT2D eigenvalue weighted by Crippen LogP contribution is 2.22. The molecule has 0 aliphatic carbocycles. The van der Waals surface area contributed by atoms with Gasteiger partial charge in [0.25, 0.3) is 0 Å². The van der Waals surface area contributed by atoms with Crippen LogP contribution in [0.2, 0.25) is 0 Å². The van der Waals surface area contributed by atoms with Crippen LogP contribution in [0.25, 0.3) is 10.9 Å². The number of rotatable bonds is 2. The molecule has 2 heterocycles. The van der Waals surface area contributed by atoms with Gasteiger partial charge in [-0.15, -0.1) is 0 Å². The first kappa shape index (κ1) is 16.8. The second-order valence-corrected chi connectivity index (χ2v) is 7.08. The van der Waals surface area contributed by atoms with Gasteiger partial charge in [-0.1, -0.05) is 36.5 Å². The van der Waals surface area contributed by atoms with Crippen molar-refractivity contribution in [2.45, 2.75) is 6.92 Å². The van der Waals surface area contributed by atoms with Crippen molar-refractivity contribution in [3.05, 3.63) is 76.1 Å². The van der Waals surface area contributed by atoms with Crippen LogP contribution < -0.4 is 10.5 Å². The number of benzene rings is 2. The summed E-state index contributed by atoms with van der Waals surface area (Å²) in [6.45, 7) is 5.80. The predicted octanol–water partition coefficient (Wildman–Crippen LogP) is 3.33. The maximum absolute atomic E-state index is 11.4. The highest BCUT2D eigenvalue weighted by Gasteiger charge is 2.20. The molecular weight excluding hydrogens is 342 g/mol. The summed E-state index contributed by atoms with van der Waals surface area (Å²) >= 11 is 5.73. The van der Waals surface area contributed by atoms with E-state index in [0.717, 1.165) is 47.6 Å². The maximum atomic E-state index is 11.4. The van der Waals surface area contributed by atoms with E-state index in [1.165, 1.54) is 11.3 Å². The minimum absolute atomic E-state index is 0.0661. The van der Waals surface area contributed by atoms with Crippen molar-refractivity contribution in [1.82, 2.24) is 9.88 Å². The molecule has 3 aromatic rings. The Kier molecular flexibility index (Phi) is 4.47. The van der Waals surface area contributed by atoms with E-state index in [0.29, 0.717) is 0 Å². The second-order valence-electron chi connectivity index (χ2n) is 6.69. The molecule has 0 spiro atoms. The fraction of sp³-hybridized carbons (Fsp3) is 0.238. The Balaban J connectivity index is 1.48. The average Bonchev–Trinajstić information content (AvgIpc) is 2.67. The Labute approximate surface area is 158 Å². The van der Waals surface area contributed by atoms with Crippen molar-refractivity contribution in [2.75, 3.05) is 31.1 Å². The third-order valence-corrected chi connectivity index (χ3v) is 5.49. The largest absolute Gasteiger partial charge is 0.368 e. The standard InChI is InChI=1S/C21H21N3OS/c1-15-4-2-3-5-18(15)21(26)24-12-10-23(11-13-24)17-7-8-19-16(14-17)6-9-20(25)22-19/h2-9,14H,10-13H2,1H3,(H,22,25). The smallest absolute Gasteiger partial charge is 0.248 e. The van der Waals surface area contributed by atoms with E-state index < -0.39 is 0 Å². The number of nitrogens with one attached hydrogen (secondary N) is 1. The quantitative estimate of drug-likeness (QED) is 0.709. The molecule has 1 aromatic heterocycles. The number of aromatic amines is 1. The molecule has 132 valence electrons. The van der Waals surface area contributed by atoms with Crippen LogP contribution in [0.15, 0.2) is 59.4 Å². The lowest BCUT2D eigenvalue weighted by molar-refractivity contribution is 0.392. The molecule has 1 saturated heterocycles. The van der Waals surface area contributed by atoms with Crippen LogP contribution in [-0.2, 0) is 0 Å². The number of hydrogen-bond acceptors (Lipinski definition) is 3. The van der Waals surface area contributed by atoms with Gasteiger partial charge in [0, 0.05) is 54.4 Å². The molecule has 4 nitrogen and oxygen atoms in total. The highest BCUT2D eigenvalue weighted by molar-refractivity contribution is 7.80. The molecule has 1 fully saturated rings. The average molecular weight is 363 g/mol. The number of fused-ring (bicyclic) bond motifs is 1. The Morgan fingerprint density at radius 3 is 2.54 bits per heavy atom. The number of aromatic nitrogens is 1. The summed E-state index contributed by atoms with van der Waals surface area (Å²) in [5, 5.41) is 1.06. The van der Waals surface area contributed by atoms with E-state index in [1.54, 1.807) is 6.07 Å². The second kappa shape index (κ2) is 6.92. The molecule has 0 bridgehead atoms. The van der Waals surface area contributed by atoms with Crippen molar-refractivity contribution in [3.8, 4) is 0 Å². The fourth-order valence-corrected chi connectivity index (χ4v) is 3.90. The monoisotopic (exact) mass is 363 g/mol. The van der Waals surface area contributed by atoms with Crippen LogP contribution in [0.3, 0.4) is 0 Å². The summed E-state index contributed by atoms with van der Waals surface area (Å²) in [5.41, 5.74) is 4.38. The zero-order valence-electron chi connectivity index (χ0n) is 14.7. The van der Waals surface area contributed by atoms with E-state index in [-0.39, 0.29) is 5.56 Å². The third-order valence-electron chi connectivity index (χ3n) is 5.01. The molecule has 1 N–H and O–H groups in total. The molecule has 0 amide bonds. The minimum atomic E-state index is -0.0661. The zero-order chi connectivity index (χ0) is 18.1. The summed E-state index contributed by atoms with van der Waals surface area (Å²) in [6.07, 6.45) is 0. The summed E-state index contributed by atoms with van der Waals surface area (Å²) in [4.78, 5) is 19.9. The lowest BCUT2D eigenvalue weighted by Crippen LogP contribution is -2.48. The number of anilines is 1. The van der Waals surface area contributed by atoms with E-state index in [4.69, 9.17) is 12.2 Å². The number of H-pyrrole nitrogens is 1. The van der Waals surface area contributed by atoms with E-state index in [2.05, 4.69) is 46.0 Å². The lowest BCUT2D eigenvalue weighted by Gasteiger charge is -2.37. The highest BCUT2D eigenvalue weighted by atomic mass is 32.1. The van der Waals surface area contributed by atoms with Crippen LogP contribution >= 0.6 is 12.2 Å². The first-order valence-electron chi connectivity index (χ1n) is 8.85. The van der Waals surface area contributed by atoms with Crippen molar-refractivity contribution in [2.24, 2.45) is 0 Å². The van der Waals surface area contributed by atoms with Crippen LogP contribution in [0.4, 0.5) is 5.69 Å². The Bertz CT molecular complexity index is 1020. The number of pyridine rings is 1. The number of piperazine rings is 1. The van der Waals surface area contributed by atoms with Crippen molar-refractivity contribution in [1.29, 1.82) is 0 Å². The van der Waals surface area contributed by atoms with Gasteiger partial charge in [-0.3, -0.25) is 4.79 Å². The summed E-state index contributed by atoms with van der Waals surface area (Å²) in [7, 11) is 0. The zero-order valence-corrected chi connectivity index (χ0v) is 15.6. The van der Waals surface area contributed by atoms with Crippen molar-refractivity contribution < 1.29 is 0 Å². The van der Waals surface area contributed by atoms with Crippen molar-refractivity contribution in [3.63, 3.8) is 0 Å². The minimum Gasteiger partial charge on any atom is -0.368 e. The normalized spacial score (nSPS) is 14.7. The molecule has 2 aromatic carbocycles. The predicted molar refractivity (Wildman–Crippen MR) is 111 cm³/mol. The van der Waals surface area contributed by atoms with Gasteiger partial charge in [0.2, 0.25) is 5.56 Å². The lowest BCUT2D eigenvalue weighted by atomic mass is 10.1. The van der Waals surface area contributed by atoms with Crippen LogP contribution in [0.1, 0.15) is 11.1 Å². The van der Waals surface area contributed by atoms with Gasteiger partial charge in [-0.05, 0) is 36.8 Å². The van der Waals surface area contributed by atoms with Gasteiger partial charge in [-0.25, -0.2) is 0 Å². The fourth-order valence-electron chi connectivity index (χ4n) is 3.49. The van der Waals surface area contributed by atoms with Crippen LogP contribution in [0, 0.1) is 6.92 Å². The molecular formula is C21H21N3OS. The number of nitrogens with zero attached hydrogens (tertiary/aromatic N) is 2. The Morgan fingerprint density at radius 1 is 1.00 bits per heavy atom. The summed E-state index contributed by atoms with van der Waals surface area (Å²) in [5.74, 6) is 0. The molecule has 0 unspecified atom stereocenters. The molecule has 4 rings (SSSR count). The Morgan fingerprint density at radius 2 is 1.77 bits per heavy atom. The summed E-state index contributed by atoms with van der Waals surface area (Å²) < 4.78 is 0. The first-order chi connectivity index (χ1) is 12.6. The van der Waals surface area contributed by atoms with Gasteiger partial charge >= 0.3 is 0 Å². The number of aryl methyl sites for hydroxylation is 1. The van der Waals surface area contributed by atoms with Crippen molar-refractivity contribution >= 4 is 33.8 Å². The molecule has 0 atom stereocenters. The van der Waals surface area contributed by atoms with E-state index in [9.17, 15) is 4.79 Å². The van der Waals surface area contributed by atoms with Gasteiger partial charge in [0.15, 0.2) is 0 Å². The Hall–Kier alpha value is -2.66. The number of thiocarbonyl (C=S) groups is 1. The molecule has 1 aliphatic heterocycles. The summed E-state index contributed by atoms with van der Waals surface area (Å²) in [6, 6.07) is 18.0. The van der Waals surface area contributed by atoms with Gasteiger partial charge in [-0.2, -0.15) is 0 Å².